The largest absolute Gasteiger partial charge is 0.486 e. The first-order valence-electron chi connectivity index (χ1n) is 8.64. The number of amides is 1. The van der Waals surface area contributed by atoms with Gasteiger partial charge in [0.15, 0.2) is 17.5 Å². The van der Waals surface area contributed by atoms with Gasteiger partial charge < -0.3 is 20.7 Å². The monoisotopic (exact) mass is 350 g/mol. The minimum Gasteiger partial charge on any atom is -0.486 e. The van der Waals surface area contributed by atoms with E-state index in [-0.39, 0.29) is 29.5 Å². The molecule has 25 heavy (non-hydrogen) atoms. The zero-order valence-corrected chi connectivity index (χ0v) is 14.9. The van der Waals surface area contributed by atoms with Crippen LogP contribution in [0.5, 0.6) is 5.75 Å². The van der Waals surface area contributed by atoms with E-state index in [0.717, 1.165) is 31.9 Å². The first-order valence-corrected chi connectivity index (χ1v) is 8.64. The van der Waals surface area contributed by atoms with E-state index in [1.54, 1.807) is 25.2 Å². The number of hydrogen-bond donors (Lipinski definition) is 2. The number of nitrogens with two attached hydrogens (primary N) is 1. The van der Waals surface area contributed by atoms with Crippen molar-refractivity contribution in [2.45, 2.75) is 32.3 Å². The van der Waals surface area contributed by atoms with Crippen LogP contribution in [0.4, 0.5) is 4.39 Å². The number of likely N-dealkylation sites (tertiary alicyclic amines) is 1. The second-order valence-corrected chi connectivity index (χ2v) is 6.41. The third-order valence-electron chi connectivity index (χ3n) is 4.23. The van der Waals surface area contributed by atoms with Gasteiger partial charge in [-0.25, -0.2) is 4.39 Å². The number of hydrogen-bond acceptors (Lipinski definition) is 3. The topological polar surface area (TPSA) is 80.0 Å². The smallest absolute Gasteiger partial charge is 0.217 e. The van der Waals surface area contributed by atoms with E-state index in [9.17, 15) is 9.18 Å². The molecule has 2 atom stereocenters. The summed E-state index contributed by atoms with van der Waals surface area (Å²) < 4.78 is 19.3. The van der Waals surface area contributed by atoms with Crippen LogP contribution in [0.1, 0.15) is 26.2 Å². The van der Waals surface area contributed by atoms with Crippen molar-refractivity contribution in [2.75, 3.05) is 26.7 Å². The van der Waals surface area contributed by atoms with Gasteiger partial charge >= 0.3 is 0 Å². The van der Waals surface area contributed by atoms with E-state index in [0.29, 0.717) is 13.0 Å². The fourth-order valence-corrected chi connectivity index (χ4v) is 3.07. The number of halogens is 1. The third kappa shape index (κ3) is 5.92. The number of aliphatic imine (C=N–C) groups is 1. The van der Waals surface area contributed by atoms with Crippen LogP contribution in [0.3, 0.4) is 0 Å². The number of piperidine rings is 1. The molecule has 1 aromatic carbocycles. The maximum absolute atomic E-state index is 13.6. The molecule has 6 nitrogen and oxygen atoms in total. The van der Waals surface area contributed by atoms with Gasteiger partial charge in [0.25, 0.3) is 0 Å². The summed E-state index contributed by atoms with van der Waals surface area (Å²) in [6.07, 6.45) is 2.18. The van der Waals surface area contributed by atoms with Gasteiger partial charge in [0.1, 0.15) is 6.10 Å². The standard InChI is InChI=1S/C18H27FN4O2/c1-13(25-16-8-4-3-7-15(16)19)11-22-18(21-2)23-9-5-6-14(12-23)10-17(20)24/h3-4,7-8,13-14H,5-6,9-12H2,1-2H3,(H2,20,24)(H,21,22). The Kier molecular flexibility index (Phi) is 7.03. The molecule has 7 heteroatoms. The highest BCUT2D eigenvalue weighted by atomic mass is 19.1. The van der Waals surface area contributed by atoms with E-state index in [2.05, 4.69) is 15.2 Å². The predicted molar refractivity (Wildman–Crippen MR) is 96.0 cm³/mol. The number of ether oxygens (including phenoxy) is 1. The number of nitrogens with one attached hydrogen (secondary N) is 1. The van der Waals surface area contributed by atoms with Crippen LogP contribution in [0.25, 0.3) is 0 Å². The van der Waals surface area contributed by atoms with Crippen LogP contribution in [0.15, 0.2) is 29.3 Å². The van der Waals surface area contributed by atoms with Crippen molar-refractivity contribution in [3.05, 3.63) is 30.1 Å². The highest BCUT2D eigenvalue weighted by Gasteiger charge is 2.23. The van der Waals surface area contributed by atoms with E-state index < -0.39 is 0 Å². The Morgan fingerprint density at radius 1 is 1.52 bits per heavy atom. The maximum atomic E-state index is 13.6. The predicted octanol–water partition coefficient (Wildman–Crippen LogP) is 1.76. The van der Waals surface area contributed by atoms with Crippen molar-refractivity contribution in [2.24, 2.45) is 16.6 Å². The first kappa shape index (κ1) is 19.0. The Hall–Kier alpha value is -2.31. The Morgan fingerprint density at radius 2 is 2.28 bits per heavy atom. The van der Waals surface area contributed by atoms with Crippen molar-refractivity contribution >= 4 is 11.9 Å². The average molecular weight is 350 g/mol. The average Bonchev–Trinajstić information content (AvgIpc) is 2.57. The van der Waals surface area contributed by atoms with Crippen molar-refractivity contribution in [1.82, 2.24) is 10.2 Å². The lowest BCUT2D eigenvalue weighted by Gasteiger charge is -2.35. The SMILES string of the molecule is CN=C(NCC(C)Oc1ccccc1F)N1CCCC(CC(N)=O)C1. The van der Waals surface area contributed by atoms with Crippen molar-refractivity contribution in [3.8, 4) is 5.75 Å². The summed E-state index contributed by atoms with van der Waals surface area (Å²) in [6.45, 7) is 4.01. The molecule has 138 valence electrons. The molecule has 0 radical (unpaired) electrons. The summed E-state index contributed by atoms with van der Waals surface area (Å²) in [7, 11) is 1.72. The molecule has 0 spiro atoms. The Morgan fingerprint density at radius 3 is 2.96 bits per heavy atom. The van der Waals surface area contributed by atoms with E-state index in [1.807, 2.05) is 6.92 Å². The molecule has 0 aromatic heterocycles. The second kappa shape index (κ2) is 9.25. The van der Waals surface area contributed by atoms with Crippen molar-refractivity contribution in [3.63, 3.8) is 0 Å². The molecule has 1 heterocycles. The lowest BCUT2D eigenvalue weighted by Crippen LogP contribution is -2.49. The molecule has 0 aliphatic carbocycles. The van der Waals surface area contributed by atoms with E-state index in [4.69, 9.17) is 10.5 Å². The van der Waals surface area contributed by atoms with Gasteiger partial charge in [-0.2, -0.15) is 0 Å². The highest BCUT2D eigenvalue weighted by molar-refractivity contribution is 5.80. The molecule has 1 aliphatic rings. The van der Waals surface area contributed by atoms with Crippen molar-refractivity contribution < 1.29 is 13.9 Å². The highest BCUT2D eigenvalue weighted by Crippen LogP contribution is 2.20. The molecule has 2 unspecified atom stereocenters. The third-order valence-corrected chi connectivity index (χ3v) is 4.23. The van der Waals surface area contributed by atoms with Gasteiger partial charge in [-0.15, -0.1) is 0 Å². The Labute approximate surface area is 148 Å². The molecule has 1 aliphatic heterocycles. The number of rotatable bonds is 6. The summed E-state index contributed by atoms with van der Waals surface area (Å²) >= 11 is 0. The number of guanidine groups is 1. The van der Waals surface area contributed by atoms with Gasteiger partial charge in [0.2, 0.25) is 5.91 Å². The summed E-state index contributed by atoms with van der Waals surface area (Å²) in [5, 5.41) is 3.26. The zero-order chi connectivity index (χ0) is 18.2. The zero-order valence-electron chi connectivity index (χ0n) is 14.9. The molecule has 1 aromatic rings. The van der Waals surface area contributed by atoms with Crippen LogP contribution < -0.4 is 15.8 Å². The maximum Gasteiger partial charge on any atom is 0.217 e. The summed E-state index contributed by atoms with van der Waals surface area (Å²) in [5.74, 6) is 0.632. The van der Waals surface area contributed by atoms with Crippen LogP contribution in [0, 0.1) is 11.7 Å². The van der Waals surface area contributed by atoms with Gasteiger partial charge in [-0.1, -0.05) is 12.1 Å². The molecule has 0 saturated carbocycles. The second-order valence-electron chi connectivity index (χ2n) is 6.41. The fourth-order valence-electron chi connectivity index (χ4n) is 3.07. The Bertz CT molecular complexity index is 608. The summed E-state index contributed by atoms with van der Waals surface area (Å²) in [6, 6.07) is 6.36. The number of carbonyl (C=O) groups is 1. The molecule has 2 rings (SSSR count). The summed E-state index contributed by atoms with van der Waals surface area (Å²) in [5.41, 5.74) is 5.31. The number of benzene rings is 1. The molecular weight excluding hydrogens is 323 g/mol. The molecular formula is C18H27FN4O2. The fraction of sp³-hybridized carbons (Fsp3) is 0.556. The first-order chi connectivity index (χ1) is 12.0. The van der Waals surface area contributed by atoms with E-state index in [1.165, 1.54) is 6.07 Å². The molecule has 1 saturated heterocycles. The molecule has 1 fully saturated rings. The summed E-state index contributed by atoms with van der Waals surface area (Å²) in [4.78, 5) is 17.6. The molecule has 0 bridgehead atoms. The number of para-hydroxylation sites is 1. The van der Waals surface area contributed by atoms with Crippen molar-refractivity contribution in [1.29, 1.82) is 0 Å². The lowest BCUT2D eigenvalue weighted by atomic mass is 9.95. The minimum absolute atomic E-state index is 0.222. The van der Waals surface area contributed by atoms with Gasteiger partial charge in [-0.3, -0.25) is 9.79 Å². The Balaban J connectivity index is 1.85. The van der Waals surface area contributed by atoms with Gasteiger partial charge in [0.05, 0.1) is 6.54 Å². The number of nitrogens with zero attached hydrogens (tertiary/aromatic N) is 2. The number of primary amides is 1. The quantitative estimate of drug-likeness (QED) is 0.605. The van der Waals surface area contributed by atoms with Gasteiger partial charge in [0, 0.05) is 26.6 Å². The molecule has 1 amide bonds. The lowest BCUT2D eigenvalue weighted by molar-refractivity contribution is -0.119. The van der Waals surface area contributed by atoms with E-state index >= 15 is 0 Å². The molecule has 3 N–H and O–H groups in total. The van der Waals surface area contributed by atoms with Crippen LogP contribution >= 0.6 is 0 Å². The van der Waals surface area contributed by atoms with Crippen LogP contribution in [-0.4, -0.2) is 49.6 Å². The van der Waals surface area contributed by atoms with Gasteiger partial charge in [-0.05, 0) is 37.8 Å². The van der Waals surface area contributed by atoms with Crippen LogP contribution in [0.2, 0.25) is 0 Å². The van der Waals surface area contributed by atoms with Crippen LogP contribution in [-0.2, 0) is 4.79 Å². The minimum atomic E-state index is -0.371. The number of carbonyl (C=O) groups excluding carboxylic acids is 1. The normalized spacial score (nSPS) is 19.4.